The zero-order valence-corrected chi connectivity index (χ0v) is 10.9. The molecule has 19 heavy (non-hydrogen) atoms. The van der Waals surface area contributed by atoms with E-state index < -0.39 is 11.9 Å². The minimum atomic E-state index is -4.42. The van der Waals surface area contributed by atoms with Crippen LogP contribution in [0.3, 0.4) is 0 Å². The zero-order valence-electron chi connectivity index (χ0n) is 10.9. The molecule has 3 nitrogen and oxygen atoms in total. The lowest BCUT2D eigenvalue weighted by molar-refractivity contribution is -0.141. The summed E-state index contributed by atoms with van der Waals surface area (Å²) in [6, 6.07) is 2.43. The Morgan fingerprint density at radius 3 is 2.53 bits per heavy atom. The minimum absolute atomic E-state index is 0.196. The van der Waals surface area contributed by atoms with Gasteiger partial charge in [0.2, 0.25) is 0 Å². The number of aromatic nitrogens is 1. The molecule has 0 amide bonds. The molecule has 1 aromatic heterocycles. The Labute approximate surface area is 110 Å². The molecule has 0 spiro atoms. The summed E-state index contributed by atoms with van der Waals surface area (Å²) >= 11 is 0. The number of rotatable bonds is 5. The smallest absolute Gasteiger partial charge is 0.356 e. The first-order valence-corrected chi connectivity index (χ1v) is 6.47. The molecule has 0 aromatic carbocycles. The number of anilines is 1. The maximum absolute atomic E-state index is 12.7. The van der Waals surface area contributed by atoms with E-state index in [2.05, 4.69) is 4.98 Å². The molecule has 2 rings (SSSR count). The Hall–Kier alpha value is -1.30. The largest absolute Gasteiger partial charge is 0.433 e. The fraction of sp³-hybridized carbons (Fsp3) is 0.615. The summed E-state index contributed by atoms with van der Waals surface area (Å²) in [6.07, 6.45) is -2.12. The van der Waals surface area contributed by atoms with Crippen LogP contribution in [0.1, 0.15) is 31.0 Å². The van der Waals surface area contributed by atoms with Gasteiger partial charge < -0.3 is 10.6 Å². The fourth-order valence-corrected chi connectivity index (χ4v) is 2.05. The molecule has 0 atom stereocenters. The van der Waals surface area contributed by atoms with Crippen molar-refractivity contribution in [2.75, 3.05) is 18.0 Å². The lowest BCUT2D eigenvalue weighted by Crippen LogP contribution is -2.28. The molecule has 0 radical (unpaired) electrons. The van der Waals surface area contributed by atoms with Crippen LogP contribution in [-0.4, -0.2) is 18.1 Å². The molecule has 0 bridgehead atoms. The second-order valence-electron chi connectivity index (χ2n) is 4.86. The van der Waals surface area contributed by atoms with Gasteiger partial charge in [-0.05, 0) is 31.7 Å². The number of nitrogens with zero attached hydrogens (tertiary/aromatic N) is 2. The molecule has 1 fully saturated rings. The van der Waals surface area contributed by atoms with Crippen LogP contribution in [0.15, 0.2) is 12.1 Å². The van der Waals surface area contributed by atoms with Crippen molar-refractivity contribution in [2.24, 2.45) is 11.7 Å². The van der Waals surface area contributed by atoms with Crippen LogP contribution in [0.4, 0.5) is 19.0 Å². The number of pyridine rings is 1. The highest BCUT2D eigenvalue weighted by Gasteiger charge is 2.34. The molecule has 0 unspecified atom stereocenters. The van der Waals surface area contributed by atoms with Gasteiger partial charge in [0.1, 0.15) is 11.5 Å². The highest BCUT2D eigenvalue weighted by Crippen LogP contribution is 2.34. The van der Waals surface area contributed by atoms with Gasteiger partial charge in [-0.2, -0.15) is 13.2 Å². The predicted octanol–water partition coefficient (Wildman–Crippen LogP) is 2.80. The number of halogens is 3. The number of hydrogen-bond acceptors (Lipinski definition) is 3. The fourth-order valence-electron chi connectivity index (χ4n) is 2.05. The van der Waals surface area contributed by atoms with Crippen LogP contribution < -0.4 is 10.6 Å². The first kappa shape index (κ1) is 14.1. The quantitative estimate of drug-likeness (QED) is 0.897. The first-order chi connectivity index (χ1) is 8.95. The SMILES string of the molecule is CCN(CC1CC1)c1nc(C(F)(F)F)ccc1CN. The van der Waals surface area contributed by atoms with Crippen molar-refractivity contribution in [3.8, 4) is 0 Å². The van der Waals surface area contributed by atoms with Crippen molar-refractivity contribution in [2.45, 2.75) is 32.5 Å². The second kappa shape index (κ2) is 5.36. The predicted molar refractivity (Wildman–Crippen MR) is 67.7 cm³/mol. The van der Waals surface area contributed by atoms with E-state index in [-0.39, 0.29) is 6.54 Å². The summed E-state index contributed by atoms with van der Waals surface area (Å²) < 4.78 is 38.2. The third kappa shape index (κ3) is 3.37. The highest BCUT2D eigenvalue weighted by molar-refractivity contribution is 5.48. The molecule has 1 saturated carbocycles. The van der Waals surface area contributed by atoms with Crippen molar-refractivity contribution >= 4 is 5.82 Å². The number of alkyl halides is 3. The van der Waals surface area contributed by atoms with E-state index in [4.69, 9.17) is 5.73 Å². The average Bonchev–Trinajstić information content (AvgIpc) is 3.18. The molecule has 6 heteroatoms. The average molecular weight is 273 g/mol. The summed E-state index contributed by atoms with van der Waals surface area (Å²) in [7, 11) is 0. The lowest BCUT2D eigenvalue weighted by Gasteiger charge is -2.25. The molecule has 106 valence electrons. The van der Waals surface area contributed by atoms with Crippen LogP contribution in [0.2, 0.25) is 0 Å². The maximum atomic E-state index is 12.7. The number of nitrogens with two attached hydrogens (primary N) is 1. The van der Waals surface area contributed by atoms with Gasteiger partial charge >= 0.3 is 6.18 Å². The van der Waals surface area contributed by atoms with Gasteiger partial charge in [0.25, 0.3) is 0 Å². The monoisotopic (exact) mass is 273 g/mol. The topological polar surface area (TPSA) is 42.2 Å². The zero-order chi connectivity index (χ0) is 14.0. The van der Waals surface area contributed by atoms with E-state index in [9.17, 15) is 13.2 Å². The van der Waals surface area contributed by atoms with Gasteiger partial charge in [0.15, 0.2) is 0 Å². The Kier molecular flexibility index (Phi) is 3.99. The normalized spacial score (nSPS) is 15.6. The molecular weight excluding hydrogens is 255 g/mol. The van der Waals surface area contributed by atoms with Gasteiger partial charge in [0, 0.05) is 25.2 Å². The summed E-state index contributed by atoms with van der Waals surface area (Å²) in [5.41, 5.74) is 5.41. The summed E-state index contributed by atoms with van der Waals surface area (Å²) in [4.78, 5) is 5.69. The summed E-state index contributed by atoms with van der Waals surface area (Å²) in [5.74, 6) is 0.966. The Morgan fingerprint density at radius 1 is 1.37 bits per heavy atom. The van der Waals surface area contributed by atoms with E-state index >= 15 is 0 Å². The summed E-state index contributed by atoms with van der Waals surface area (Å²) in [5, 5.41) is 0. The minimum Gasteiger partial charge on any atom is -0.356 e. The van der Waals surface area contributed by atoms with Crippen LogP contribution in [0.25, 0.3) is 0 Å². The van der Waals surface area contributed by atoms with Crippen LogP contribution >= 0.6 is 0 Å². The standard InChI is InChI=1S/C13H18F3N3/c1-2-19(8-9-3-4-9)12-10(7-17)5-6-11(18-12)13(14,15)16/h5-6,9H,2-4,7-8,17H2,1H3. The van der Waals surface area contributed by atoms with E-state index in [1.54, 1.807) is 0 Å². The molecule has 0 saturated heterocycles. The molecule has 1 aliphatic rings. The molecular formula is C13H18F3N3. The number of hydrogen-bond donors (Lipinski definition) is 1. The van der Waals surface area contributed by atoms with E-state index in [0.29, 0.717) is 23.8 Å². The van der Waals surface area contributed by atoms with Crippen molar-refractivity contribution in [3.63, 3.8) is 0 Å². The Balaban J connectivity index is 2.33. The second-order valence-corrected chi connectivity index (χ2v) is 4.86. The maximum Gasteiger partial charge on any atom is 0.433 e. The summed E-state index contributed by atoms with van der Waals surface area (Å²) in [6.45, 7) is 3.52. The van der Waals surface area contributed by atoms with Crippen molar-refractivity contribution in [1.29, 1.82) is 0 Å². The van der Waals surface area contributed by atoms with E-state index in [1.165, 1.54) is 6.07 Å². The third-order valence-corrected chi connectivity index (χ3v) is 3.32. The Morgan fingerprint density at radius 2 is 2.05 bits per heavy atom. The highest BCUT2D eigenvalue weighted by atomic mass is 19.4. The Bertz CT molecular complexity index is 441. The van der Waals surface area contributed by atoms with E-state index in [1.807, 2.05) is 11.8 Å². The van der Waals surface area contributed by atoms with E-state index in [0.717, 1.165) is 25.5 Å². The molecule has 0 aliphatic heterocycles. The van der Waals surface area contributed by atoms with Gasteiger partial charge in [-0.25, -0.2) is 4.98 Å². The first-order valence-electron chi connectivity index (χ1n) is 6.47. The van der Waals surface area contributed by atoms with Gasteiger partial charge in [-0.1, -0.05) is 6.07 Å². The molecule has 2 N–H and O–H groups in total. The lowest BCUT2D eigenvalue weighted by atomic mass is 10.2. The van der Waals surface area contributed by atoms with Crippen molar-refractivity contribution in [1.82, 2.24) is 4.98 Å². The van der Waals surface area contributed by atoms with Crippen molar-refractivity contribution < 1.29 is 13.2 Å². The van der Waals surface area contributed by atoms with Crippen molar-refractivity contribution in [3.05, 3.63) is 23.4 Å². The molecule has 1 aliphatic carbocycles. The van der Waals surface area contributed by atoms with Gasteiger partial charge in [0.05, 0.1) is 0 Å². The van der Waals surface area contributed by atoms with Crippen LogP contribution in [0.5, 0.6) is 0 Å². The van der Waals surface area contributed by atoms with Crippen LogP contribution in [-0.2, 0) is 12.7 Å². The van der Waals surface area contributed by atoms with Crippen LogP contribution in [0, 0.1) is 5.92 Å². The molecule has 1 aromatic rings. The van der Waals surface area contributed by atoms with Gasteiger partial charge in [-0.3, -0.25) is 0 Å². The van der Waals surface area contributed by atoms with Gasteiger partial charge in [-0.15, -0.1) is 0 Å². The third-order valence-electron chi connectivity index (χ3n) is 3.32. The molecule has 1 heterocycles.